The maximum absolute atomic E-state index is 6.29. The molecule has 0 bridgehead atoms. The van der Waals surface area contributed by atoms with Gasteiger partial charge in [-0.3, -0.25) is 4.90 Å². The summed E-state index contributed by atoms with van der Waals surface area (Å²) in [7, 11) is 1.95. The summed E-state index contributed by atoms with van der Waals surface area (Å²) in [5.41, 5.74) is 7.89. The number of morpholine rings is 1. The molecule has 0 saturated carbocycles. The summed E-state index contributed by atoms with van der Waals surface area (Å²) in [5, 5.41) is 3.34. The molecule has 0 aliphatic carbocycles. The molecule has 1 saturated heterocycles. The number of nitrogens with one attached hydrogen (secondary N) is 1. The number of benzene rings is 1. The Bertz CT molecular complexity index is 660. The molecule has 0 spiro atoms. The molecule has 0 radical (unpaired) electrons. The Balaban J connectivity index is 1.57. The van der Waals surface area contributed by atoms with Crippen molar-refractivity contribution in [3.05, 3.63) is 36.7 Å². The molecule has 1 aromatic carbocycles. The number of para-hydroxylation sites is 1. The number of nitrogens with zero attached hydrogens (tertiary/aromatic N) is 4. The van der Waals surface area contributed by atoms with Gasteiger partial charge in [-0.25, -0.2) is 9.97 Å². The lowest BCUT2D eigenvalue weighted by atomic mass is 10.3. The molecule has 1 fully saturated rings. The Morgan fingerprint density at radius 2 is 1.96 bits per heavy atom. The molecule has 7 heteroatoms. The smallest absolute Gasteiger partial charge is 0.161 e. The number of anilines is 4. The fourth-order valence-electron chi connectivity index (χ4n) is 2.90. The van der Waals surface area contributed by atoms with Crippen molar-refractivity contribution in [1.82, 2.24) is 14.9 Å². The predicted molar refractivity (Wildman–Crippen MR) is 101 cm³/mol. The van der Waals surface area contributed by atoms with Crippen LogP contribution in [0.25, 0.3) is 0 Å². The van der Waals surface area contributed by atoms with Crippen LogP contribution in [0.2, 0.25) is 0 Å². The zero-order valence-corrected chi connectivity index (χ0v) is 14.7. The summed E-state index contributed by atoms with van der Waals surface area (Å²) in [5.74, 6) is 1.40. The summed E-state index contributed by atoms with van der Waals surface area (Å²) in [6.45, 7) is 5.58. The van der Waals surface area contributed by atoms with Crippen molar-refractivity contribution in [2.24, 2.45) is 0 Å². The zero-order valence-electron chi connectivity index (χ0n) is 14.7. The van der Waals surface area contributed by atoms with Crippen LogP contribution < -0.4 is 16.0 Å². The Morgan fingerprint density at radius 1 is 1.20 bits per heavy atom. The number of rotatable bonds is 7. The van der Waals surface area contributed by atoms with Crippen molar-refractivity contribution < 1.29 is 4.74 Å². The molecule has 3 rings (SSSR count). The van der Waals surface area contributed by atoms with Crippen LogP contribution in [-0.2, 0) is 4.74 Å². The molecule has 2 aromatic rings. The van der Waals surface area contributed by atoms with E-state index in [4.69, 9.17) is 10.5 Å². The van der Waals surface area contributed by atoms with E-state index < -0.39 is 0 Å². The zero-order chi connectivity index (χ0) is 17.5. The fourth-order valence-corrected chi connectivity index (χ4v) is 2.90. The van der Waals surface area contributed by atoms with Gasteiger partial charge in [0.25, 0.3) is 0 Å². The van der Waals surface area contributed by atoms with Crippen LogP contribution >= 0.6 is 0 Å². The van der Waals surface area contributed by atoms with Gasteiger partial charge in [0.1, 0.15) is 12.0 Å². The molecule has 0 atom stereocenters. The third-order valence-electron chi connectivity index (χ3n) is 4.37. The predicted octanol–water partition coefficient (Wildman–Crippen LogP) is 1.96. The van der Waals surface area contributed by atoms with E-state index in [0.29, 0.717) is 17.3 Å². The van der Waals surface area contributed by atoms with Gasteiger partial charge in [0, 0.05) is 32.4 Å². The molecule has 2 heterocycles. The molecular formula is C18H26N6O. The quantitative estimate of drug-likeness (QED) is 0.745. The fraction of sp³-hybridized carbons (Fsp3) is 0.444. The van der Waals surface area contributed by atoms with E-state index in [-0.39, 0.29) is 0 Å². The lowest BCUT2D eigenvalue weighted by Crippen LogP contribution is -2.37. The lowest BCUT2D eigenvalue weighted by molar-refractivity contribution is 0.0378. The Morgan fingerprint density at radius 3 is 2.72 bits per heavy atom. The molecule has 3 N–H and O–H groups in total. The van der Waals surface area contributed by atoms with Gasteiger partial charge in [0.15, 0.2) is 11.6 Å². The standard InChI is InChI=1S/C18H26N6O/c1-23(15-6-3-2-4-7-15)18-16(19)17(21-14-22-18)20-8-5-9-24-10-12-25-13-11-24/h2-4,6-7,14H,5,8-13,19H2,1H3,(H,20,21,22). The molecule has 1 aliphatic heterocycles. The Labute approximate surface area is 148 Å². The first-order valence-electron chi connectivity index (χ1n) is 8.69. The second-order valence-electron chi connectivity index (χ2n) is 6.09. The van der Waals surface area contributed by atoms with Crippen molar-refractivity contribution in [2.75, 3.05) is 62.4 Å². The molecule has 0 unspecified atom stereocenters. The van der Waals surface area contributed by atoms with Crippen LogP contribution in [0.1, 0.15) is 6.42 Å². The number of aromatic nitrogens is 2. The highest BCUT2D eigenvalue weighted by Gasteiger charge is 2.14. The van der Waals surface area contributed by atoms with E-state index in [2.05, 4.69) is 20.2 Å². The summed E-state index contributed by atoms with van der Waals surface area (Å²) in [6.07, 6.45) is 2.59. The minimum atomic E-state index is 0.570. The molecule has 1 aromatic heterocycles. The van der Waals surface area contributed by atoms with Crippen molar-refractivity contribution in [2.45, 2.75) is 6.42 Å². The molecule has 25 heavy (non-hydrogen) atoms. The monoisotopic (exact) mass is 342 g/mol. The maximum atomic E-state index is 6.29. The van der Waals surface area contributed by atoms with Crippen LogP contribution in [0.4, 0.5) is 23.0 Å². The topological polar surface area (TPSA) is 79.5 Å². The highest BCUT2D eigenvalue weighted by molar-refractivity contribution is 5.78. The summed E-state index contributed by atoms with van der Waals surface area (Å²) in [6, 6.07) is 10.0. The van der Waals surface area contributed by atoms with Gasteiger partial charge in [0.2, 0.25) is 0 Å². The molecule has 0 amide bonds. The van der Waals surface area contributed by atoms with Crippen LogP contribution in [0.5, 0.6) is 0 Å². The van der Waals surface area contributed by atoms with Crippen LogP contribution in [0.3, 0.4) is 0 Å². The Kier molecular flexibility index (Phi) is 6.03. The first-order chi connectivity index (χ1) is 12.3. The van der Waals surface area contributed by atoms with Crippen LogP contribution in [0.15, 0.2) is 36.7 Å². The van der Waals surface area contributed by atoms with Crippen LogP contribution in [0, 0.1) is 0 Å². The minimum Gasteiger partial charge on any atom is -0.393 e. The lowest BCUT2D eigenvalue weighted by Gasteiger charge is -2.26. The third kappa shape index (κ3) is 4.58. The number of ether oxygens (including phenoxy) is 1. The first-order valence-corrected chi connectivity index (χ1v) is 8.69. The highest BCUT2D eigenvalue weighted by atomic mass is 16.5. The van der Waals surface area contributed by atoms with Gasteiger partial charge >= 0.3 is 0 Å². The second kappa shape index (κ2) is 8.64. The van der Waals surface area contributed by atoms with E-state index in [1.54, 1.807) is 6.33 Å². The maximum Gasteiger partial charge on any atom is 0.161 e. The van der Waals surface area contributed by atoms with Gasteiger partial charge in [-0.1, -0.05) is 18.2 Å². The first kappa shape index (κ1) is 17.4. The van der Waals surface area contributed by atoms with Crippen molar-refractivity contribution in [3.63, 3.8) is 0 Å². The summed E-state index contributed by atoms with van der Waals surface area (Å²) < 4.78 is 5.37. The van der Waals surface area contributed by atoms with Gasteiger partial charge in [-0.05, 0) is 25.1 Å². The molecule has 134 valence electrons. The van der Waals surface area contributed by atoms with Crippen molar-refractivity contribution in [1.29, 1.82) is 0 Å². The van der Waals surface area contributed by atoms with E-state index >= 15 is 0 Å². The number of hydrogen-bond donors (Lipinski definition) is 2. The van der Waals surface area contributed by atoms with Crippen molar-refractivity contribution in [3.8, 4) is 0 Å². The summed E-state index contributed by atoms with van der Waals surface area (Å²) in [4.78, 5) is 13.0. The van der Waals surface area contributed by atoms with Gasteiger partial charge < -0.3 is 20.7 Å². The number of nitrogens with two attached hydrogens (primary N) is 1. The largest absolute Gasteiger partial charge is 0.393 e. The third-order valence-corrected chi connectivity index (χ3v) is 4.37. The van der Waals surface area contributed by atoms with Gasteiger partial charge in [-0.15, -0.1) is 0 Å². The van der Waals surface area contributed by atoms with Gasteiger partial charge in [-0.2, -0.15) is 0 Å². The highest BCUT2D eigenvalue weighted by Crippen LogP contribution is 2.30. The molecular weight excluding hydrogens is 316 g/mol. The second-order valence-corrected chi connectivity index (χ2v) is 6.09. The average Bonchev–Trinajstić information content (AvgIpc) is 2.67. The SMILES string of the molecule is CN(c1ccccc1)c1ncnc(NCCCN2CCOCC2)c1N. The van der Waals surface area contributed by atoms with E-state index in [0.717, 1.165) is 51.5 Å². The average molecular weight is 342 g/mol. The van der Waals surface area contributed by atoms with E-state index in [1.807, 2.05) is 42.3 Å². The van der Waals surface area contributed by atoms with E-state index in [9.17, 15) is 0 Å². The number of hydrogen-bond acceptors (Lipinski definition) is 7. The van der Waals surface area contributed by atoms with Gasteiger partial charge in [0.05, 0.1) is 13.2 Å². The van der Waals surface area contributed by atoms with Crippen LogP contribution in [-0.4, -0.2) is 61.3 Å². The molecule has 1 aliphatic rings. The minimum absolute atomic E-state index is 0.570. The van der Waals surface area contributed by atoms with E-state index in [1.165, 1.54) is 0 Å². The number of nitrogen functional groups attached to an aromatic ring is 1. The van der Waals surface area contributed by atoms with Crippen molar-refractivity contribution >= 4 is 23.0 Å². The Hall–Kier alpha value is -2.38. The normalized spacial score (nSPS) is 15.1. The molecule has 7 nitrogen and oxygen atoms in total. The summed E-state index contributed by atoms with van der Waals surface area (Å²) >= 11 is 0.